The molecule has 0 radical (unpaired) electrons. The summed E-state index contributed by atoms with van der Waals surface area (Å²) in [5.74, 6) is 0. The van der Waals surface area contributed by atoms with Gasteiger partial charge < -0.3 is 10.5 Å². The Morgan fingerprint density at radius 3 is 2.00 bits per heavy atom. The fourth-order valence-corrected chi connectivity index (χ4v) is 0. The van der Waals surface area contributed by atoms with Crippen molar-refractivity contribution < 1.29 is 19.4 Å². The van der Waals surface area contributed by atoms with Crippen LogP contribution < -0.4 is 5.73 Å². The fourth-order valence-electron chi connectivity index (χ4n) is 0. The first kappa shape index (κ1) is 9.65. The van der Waals surface area contributed by atoms with Crippen molar-refractivity contribution in [3.8, 4) is 0 Å². The van der Waals surface area contributed by atoms with Gasteiger partial charge in [-0.1, -0.05) is 0 Å². The maximum atomic E-state index is 8.92. The summed E-state index contributed by atoms with van der Waals surface area (Å²) in [7, 11) is 4.26. The van der Waals surface area contributed by atoms with Gasteiger partial charge in [-0.25, -0.2) is 0 Å². The molecule has 41 valence electrons. The van der Waals surface area contributed by atoms with Gasteiger partial charge in [0.2, 0.25) is 0 Å². The van der Waals surface area contributed by atoms with Crippen LogP contribution in [0, 0.1) is 0 Å². The molecule has 0 bridgehead atoms. The summed E-state index contributed by atoms with van der Waals surface area (Å²) in [4.78, 5) is 8.92. The summed E-state index contributed by atoms with van der Waals surface area (Å²) in [5, 5.41) is 0. The quantitative estimate of drug-likeness (QED) is 0.415. The van der Waals surface area contributed by atoms with Crippen LogP contribution in [0.15, 0.2) is 0 Å². The number of nitrogens with two attached hydrogens (primary N) is 1. The molecule has 0 heterocycles. The van der Waals surface area contributed by atoms with Crippen LogP contribution in [-0.2, 0) is 19.4 Å². The predicted octanol–water partition coefficient (Wildman–Crippen LogP) is -0.258. The zero-order valence-corrected chi connectivity index (χ0v) is 4.63. The van der Waals surface area contributed by atoms with E-state index in [9.17, 15) is 0 Å². The van der Waals surface area contributed by atoms with Crippen LogP contribution in [0.3, 0.4) is 0 Å². The van der Waals surface area contributed by atoms with E-state index in [2.05, 4.69) is 30.5 Å². The Labute approximate surface area is 48.7 Å². The molecule has 0 amide bonds. The van der Waals surface area contributed by atoms with Crippen molar-refractivity contribution in [2.75, 3.05) is 6.54 Å². The van der Waals surface area contributed by atoms with E-state index in [-0.39, 0.29) is 6.54 Å². The topological polar surface area (TPSA) is 43.1 Å². The van der Waals surface area contributed by atoms with E-state index in [1.54, 1.807) is 0 Å². The molecule has 0 aliphatic carbocycles. The average Bonchev–Trinajstić information content (AvgIpc) is 1.72. The van der Waals surface area contributed by atoms with Crippen LogP contribution in [-0.4, -0.2) is 12.8 Å². The van der Waals surface area contributed by atoms with E-state index < -0.39 is 0 Å². The number of hydrogen-bond acceptors (Lipinski definition) is 2. The zero-order valence-electron chi connectivity index (χ0n) is 2.89. The van der Waals surface area contributed by atoms with Crippen molar-refractivity contribution in [3.05, 3.63) is 0 Å². The Bertz CT molecular complexity index is 27.5. The number of carbonyl (C=O) groups excluding carboxylic acids is 1. The van der Waals surface area contributed by atoms with E-state index in [1.807, 2.05) is 0 Å². The molecular weight excluding hydrogens is 148 g/mol. The van der Waals surface area contributed by atoms with E-state index >= 15 is 0 Å². The molecule has 0 saturated heterocycles. The summed E-state index contributed by atoms with van der Waals surface area (Å²) in [6.07, 6.45) is 1.46. The van der Waals surface area contributed by atoms with Crippen molar-refractivity contribution in [1.82, 2.24) is 0 Å². The van der Waals surface area contributed by atoms with Crippen LogP contribution in [0.2, 0.25) is 0 Å². The van der Waals surface area contributed by atoms with Gasteiger partial charge in [0.15, 0.2) is 0 Å². The number of halogens is 1. The Hall–Kier alpha value is 0.414. The molecule has 0 saturated carbocycles. The van der Waals surface area contributed by atoms with Crippen molar-refractivity contribution in [1.29, 1.82) is 0 Å². The third-order valence-electron chi connectivity index (χ3n) is 0.0833. The van der Waals surface area contributed by atoms with Crippen molar-refractivity contribution in [2.45, 2.75) is 0 Å². The molecule has 0 fully saturated rings. The van der Waals surface area contributed by atoms with Gasteiger partial charge in [0.25, 0.3) is 0 Å². The van der Waals surface area contributed by atoms with Gasteiger partial charge in [0, 0.05) is 0 Å². The molecule has 0 aliphatic rings. The first-order chi connectivity index (χ1) is 2.91. The van der Waals surface area contributed by atoms with E-state index in [0.717, 1.165) is 0 Å². The van der Waals surface area contributed by atoms with Gasteiger partial charge >= 0.3 is 24.8 Å². The minimum absolute atomic E-state index is 0.0139. The Morgan fingerprint density at radius 1 is 1.83 bits per heavy atom. The van der Waals surface area contributed by atoms with Gasteiger partial charge in [-0.3, -0.25) is 6.29 Å². The fraction of sp³-hybridized carbons (Fsp3) is 0.500. The molecule has 0 aromatic heterocycles. The second kappa shape index (κ2) is 18.1. The summed E-state index contributed by atoms with van der Waals surface area (Å²) in [6.45, 7) is 0.0139. The molecule has 2 N–H and O–H groups in total. The summed E-state index contributed by atoms with van der Waals surface area (Å²) >= 11 is 3.35. The van der Waals surface area contributed by atoms with Gasteiger partial charge in [0.1, 0.15) is 0 Å². The van der Waals surface area contributed by atoms with E-state index in [1.165, 1.54) is 6.29 Å². The Kier molecular flexibility index (Phi) is 29.1. The third kappa shape index (κ3) is 25.7. The maximum absolute atomic E-state index is 8.92. The standard InChI is InChI=1S/C2H4NO.ClH.Ni/c3-1-2-4;;/h1,3H2;1H;/q-1;;+1/p-1. The van der Waals surface area contributed by atoms with Gasteiger partial charge in [-0.15, -0.1) is 6.54 Å². The predicted molar refractivity (Wildman–Crippen MR) is 20.6 cm³/mol. The molecule has 0 rings (SSSR count). The first-order valence-corrected chi connectivity index (χ1v) is 2.44. The zero-order chi connectivity index (χ0) is 5.41. The third-order valence-corrected chi connectivity index (χ3v) is 0.0833. The molecule has 0 unspecified atom stereocenters. The SMILES string of the molecule is NC[C-]=O.[Cl][Ni]. The van der Waals surface area contributed by atoms with E-state index in [4.69, 9.17) is 4.79 Å². The van der Waals surface area contributed by atoms with Crippen molar-refractivity contribution in [2.24, 2.45) is 5.73 Å². The monoisotopic (exact) mass is 151 g/mol. The normalized spacial score (nSPS) is 5.33. The van der Waals surface area contributed by atoms with Gasteiger partial charge in [-0.2, -0.15) is 0 Å². The van der Waals surface area contributed by atoms with Crippen LogP contribution in [0.4, 0.5) is 0 Å². The number of rotatable bonds is 1. The van der Waals surface area contributed by atoms with Gasteiger partial charge in [0.05, 0.1) is 0 Å². The molecule has 0 aromatic carbocycles. The van der Waals surface area contributed by atoms with Crippen molar-refractivity contribution in [3.63, 3.8) is 0 Å². The Balaban J connectivity index is 0. The van der Waals surface area contributed by atoms with Crippen LogP contribution >= 0.6 is 10.2 Å². The molecule has 4 heteroatoms. The van der Waals surface area contributed by atoms with Crippen LogP contribution in [0.25, 0.3) is 0 Å². The second-order valence-electron chi connectivity index (χ2n) is 0.348. The minimum atomic E-state index is 0.0139. The van der Waals surface area contributed by atoms with Gasteiger partial charge in [-0.05, 0) is 0 Å². The molecule has 2 nitrogen and oxygen atoms in total. The first-order valence-electron chi connectivity index (χ1n) is 1.09. The van der Waals surface area contributed by atoms with E-state index in [0.29, 0.717) is 0 Å². The molecule has 0 aromatic rings. The van der Waals surface area contributed by atoms with Crippen LogP contribution in [0.1, 0.15) is 0 Å². The molecule has 6 heavy (non-hydrogen) atoms. The van der Waals surface area contributed by atoms with Crippen LogP contribution in [0.5, 0.6) is 0 Å². The molecule has 0 aliphatic heterocycles. The molecular formula is C2H4ClNNiO-. The molecule has 0 atom stereocenters. The summed E-state index contributed by atoms with van der Waals surface area (Å²) in [6, 6.07) is 0. The molecule has 0 spiro atoms. The summed E-state index contributed by atoms with van der Waals surface area (Å²) < 4.78 is 0. The Morgan fingerprint density at radius 2 is 2.00 bits per heavy atom. The second-order valence-corrected chi connectivity index (χ2v) is 0.348. The number of hydrogen-bond donors (Lipinski definition) is 1. The van der Waals surface area contributed by atoms with Crippen molar-refractivity contribution >= 4 is 16.5 Å². The summed E-state index contributed by atoms with van der Waals surface area (Å²) in [5.41, 5.74) is 4.60. The average molecular weight is 152 g/mol.